The van der Waals surface area contributed by atoms with E-state index >= 15 is 0 Å². The predicted molar refractivity (Wildman–Crippen MR) is 103 cm³/mol. The normalized spacial score (nSPS) is 13.0. The molecule has 6 heteroatoms. The SMILES string of the molecule is Br.Cc1ccc(C2=Nn3c(Cc4ccccc4)nnc3SC2)cc1. The molecule has 0 atom stereocenters. The molecule has 0 unspecified atom stereocenters. The van der Waals surface area contributed by atoms with E-state index in [0.717, 1.165) is 34.4 Å². The fraction of sp³-hybridized carbons (Fsp3) is 0.167. The molecule has 1 aliphatic heterocycles. The zero-order valence-electron chi connectivity index (χ0n) is 13.2. The summed E-state index contributed by atoms with van der Waals surface area (Å²) in [4.78, 5) is 0. The minimum Gasteiger partial charge on any atom is -0.191 e. The van der Waals surface area contributed by atoms with Crippen molar-refractivity contribution >= 4 is 34.5 Å². The van der Waals surface area contributed by atoms with Crippen LogP contribution in [0.3, 0.4) is 0 Å². The Balaban J connectivity index is 0.00000169. The Labute approximate surface area is 155 Å². The summed E-state index contributed by atoms with van der Waals surface area (Å²) < 4.78 is 1.89. The molecule has 4 rings (SSSR count). The Kier molecular flexibility index (Phi) is 5.16. The second kappa shape index (κ2) is 7.32. The van der Waals surface area contributed by atoms with Gasteiger partial charge in [-0.15, -0.1) is 27.2 Å². The van der Waals surface area contributed by atoms with Gasteiger partial charge < -0.3 is 0 Å². The van der Waals surface area contributed by atoms with E-state index in [0.29, 0.717) is 0 Å². The van der Waals surface area contributed by atoms with E-state index in [-0.39, 0.29) is 17.0 Å². The number of thioether (sulfide) groups is 1. The van der Waals surface area contributed by atoms with Gasteiger partial charge in [0.2, 0.25) is 5.16 Å². The van der Waals surface area contributed by atoms with Crippen molar-refractivity contribution in [2.45, 2.75) is 18.5 Å². The molecular formula is C18H17BrN4S. The van der Waals surface area contributed by atoms with Crippen molar-refractivity contribution in [3.8, 4) is 0 Å². The number of nitrogens with zero attached hydrogens (tertiary/aromatic N) is 4. The van der Waals surface area contributed by atoms with Gasteiger partial charge in [0.25, 0.3) is 0 Å². The highest BCUT2D eigenvalue weighted by Gasteiger charge is 2.19. The molecule has 0 bridgehead atoms. The number of hydrogen-bond donors (Lipinski definition) is 0. The van der Waals surface area contributed by atoms with Crippen LogP contribution in [0.2, 0.25) is 0 Å². The molecule has 0 radical (unpaired) electrons. The number of halogens is 1. The first-order valence-corrected chi connectivity index (χ1v) is 8.54. The maximum atomic E-state index is 4.79. The van der Waals surface area contributed by atoms with Gasteiger partial charge in [-0.25, -0.2) is 0 Å². The highest BCUT2D eigenvalue weighted by molar-refractivity contribution is 8.93. The van der Waals surface area contributed by atoms with Crippen LogP contribution in [0, 0.1) is 6.92 Å². The summed E-state index contributed by atoms with van der Waals surface area (Å²) in [6.07, 6.45) is 0.735. The van der Waals surface area contributed by atoms with Crippen molar-refractivity contribution in [3.63, 3.8) is 0 Å². The number of fused-ring (bicyclic) bond motifs is 1. The molecule has 3 aromatic rings. The lowest BCUT2D eigenvalue weighted by molar-refractivity contribution is 0.720. The highest BCUT2D eigenvalue weighted by Crippen LogP contribution is 2.25. The number of aromatic nitrogens is 3. The standard InChI is InChI=1S/C18H16N4S.BrH/c1-13-7-9-15(10-8-13)16-12-23-18-20-19-17(22(18)21-16)11-14-5-3-2-4-6-14;/h2-10H,11-12H2,1H3;1H. The summed E-state index contributed by atoms with van der Waals surface area (Å²) in [5.74, 6) is 1.70. The van der Waals surface area contributed by atoms with Crippen LogP contribution in [0.5, 0.6) is 0 Å². The van der Waals surface area contributed by atoms with Crippen molar-refractivity contribution in [2.75, 3.05) is 5.75 Å². The quantitative estimate of drug-likeness (QED) is 0.663. The smallest absolute Gasteiger partial charge is 0.191 e. The Morgan fingerprint density at radius 3 is 2.50 bits per heavy atom. The summed E-state index contributed by atoms with van der Waals surface area (Å²) in [6, 6.07) is 18.8. The van der Waals surface area contributed by atoms with Crippen molar-refractivity contribution in [3.05, 3.63) is 77.1 Å². The van der Waals surface area contributed by atoms with E-state index in [2.05, 4.69) is 53.5 Å². The van der Waals surface area contributed by atoms with Gasteiger partial charge in [-0.1, -0.05) is 71.9 Å². The van der Waals surface area contributed by atoms with E-state index in [1.54, 1.807) is 11.8 Å². The Morgan fingerprint density at radius 1 is 1.00 bits per heavy atom. The molecule has 0 N–H and O–H groups in total. The molecule has 2 aromatic carbocycles. The van der Waals surface area contributed by atoms with Gasteiger partial charge in [-0.2, -0.15) is 9.78 Å². The van der Waals surface area contributed by atoms with Gasteiger partial charge in [0.1, 0.15) is 0 Å². The third kappa shape index (κ3) is 3.44. The van der Waals surface area contributed by atoms with Crippen molar-refractivity contribution < 1.29 is 0 Å². The average Bonchev–Trinajstić information content (AvgIpc) is 2.99. The summed E-state index contributed by atoms with van der Waals surface area (Å²) in [5, 5.41) is 14.2. The number of hydrogen-bond acceptors (Lipinski definition) is 4. The van der Waals surface area contributed by atoms with Gasteiger partial charge >= 0.3 is 0 Å². The monoisotopic (exact) mass is 400 g/mol. The van der Waals surface area contributed by atoms with Crippen LogP contribution in [-0.2, 0) is 6.42 Å². The summed E-state index contributed by atoms with van der Waals surface area (Å²) in [6.45, 7) is 2.09. The third-order valence-corrected chi connectivity index (χ3v) is 4.76. The molecule has 0 aliphatic carbocycles. The van der Waals surface area contributed by atoms with Crippen LogP contribution in [0.1, 0.15) is 22.5 Å². The molecule has 1 aromatic heterocycles. The maximum absolute atomic E-state index is 4.79. The fourth-order valence-corrected chi connectivity index (χ4v) is 3.40. The molecule has 4 nitrogen and oxygen atoms in total. The number of rotatable bonds is 3. The van der Waals surface area contributed by atoms with Crippen LogP contribution in [0.4, 0.5) is 0 Å². The molecule has 0 saturated heterocycles. The molecule has 2 heterocycles. The molecule has 0 fully saturated rings. The number of aryl methyl sites for hydroxylation is 1. The molecule has 1 aliphatic rings. The first kappa shape index (κ1) is 16.9. The van der Waals surface area contributed by atoms with E-state index in [1.165, 1.54) is 11.1 Å². The lowest BCUT2D eigenvalue weighted by Crippen LogP contribution is -2.14. The van der Waals surface area contributed by atoms with Crippen LogP contribution >= 0.6 is 28.7 Å². The zero-order valence-corrected chi connectivity index (χ0v) is 15.7. The van der Waals surface area contributed by atoms with E-state index in [4.69, 9.17) is 5.10 Å². The minimum atomic E-state index is 0. The van der Waals surface area contributed by atoms with Crippen LogP contribution < -0.4 is 0 Å². The Hall–Kier alpha value is -1.92. The van der Waals surface area contributed by atoms with Crippen LogP contribution in [0.15, 0.2) is 64.9 Å². The fourth-order valence-electron chi connectivity index (χ4n) is 2.54. The van der Waals surface area contributed by atoms with Gasteiger partial charge in [0.05, 0.1) is 5.71 Å². The summed E-state index contributed by atoms with van der Waals surface area (Å²) >= 11 is 1.69. The van der Waals surface area contributed by atoms with Crippen LogP contribution in [-0.4, -0.2) is 26.3 Å². The highest BCUT2D eigenvalue weighted by atomic mass is 79.9. The first-order chi connectivity index (χ1) is 11.3. The number of benzene rings is 2. The Morgan fingerprint density at radius 2 is 1.75 bits per heavy atom. The second-order valence-corrected chi connectivity index (χ2v) is 6.52. The minimum absolute atomic E-state index is 0. The van der Waals surface area contributed by atoms with Crippen molar-refractivity contribution in [2.24, 2.45) is 5.10 Å². The maximum Gasteiger partial charge on any atom is 0.212 e. The summed E-state index contributed by atoms with van der Waals surface area (Å²) in [7, 11) is 0. The predicted octanol–water partition coefficient (Wildman–Crippen LogP) is 4.11. The molecule has 0 saturated carbocycles. The lowest BCUT2D eigenvalue weighted by Gasteiger charge is -2.14. The zero-order chi connectivity index (χ0) is 15.6. The van der Waals surface area contributed by atoms with Crippen LogP contribution in [0.25, 0.3) is 0 Å². The first-order valence-electron chi connectivity index (χ1n) is 7.55. The summed E-state index contributed by atoms with van der Waals surface area (Å²) in [5.41, 5.74) is 4.70. The van der Waals surface area contributed by atoms with Crippen molar-refractivity contribution in [1.82, 2.24) is 14.9 Å². The van der Waals surface area contributed by atoms with Gasteiger partial charge in [-0.05, 0) is 18.1 Å². The van der Waals surface area contributed by atoms with Gasteiger partial charge in [0, 0.05) is 12.2 Å². The van der Waals surface area contributed by atoms with Gasteiger partial charge in [-0.3, -0.25) is 0 Å². The largest absolute Gasteiger partial charge is 0.212 e. The molecule has 24 heavy (non-hydrogen) atoms. The van der Waals surface area contributed by atoms with E-state index in [9.17, 15) is 0 Å². The molecular weight excluding hydrogens is 384 g/mol. The van der Waals surface area contributed by atoms with Gasteiger partial charge in [0.15, 0.2) is 5.82 Å². The lowest BCUT2D eigenvalue weighted by atomic mass is 10.1. The molecule has 0 spiro atoms. The topological polar surface area (TPSA) is 43.1 Å². The second-order valence-electron chi connectivity index (χ2n) is 5.57. The average molecular weight is 401 g/mol. The molecule has 0 amide bonds. The van der Waals surface area contributed by atoms with Crippen molar-refractivity contribution in [1.29, 1.82) is 0 Å². The van der Waals surface area contributed by atoms with E-state index in [1.807, 2.05) is 22.9 Å². The Bertz CT molecular complexity index is 856. The van der Waals surface area contributed by atoms with E-state index < -0.39 is 0 Å². The third-order valence-electron chi connectivity index (χ3n) is 3.83. The molecule has 122 valence electrons.